The summed E-state index contributed by atoms with van der Waals surface area (Å²) in [5.74, 6) is -5.46. The zero-order valence-electron chi connectivity index (χ0n) is 12.8. The van der Waals surface area contributed by atoms with Crippen LogP contribution >= 0.6 is 0 Å². The largest absolute Gasteiger partial charge is 0.511 e. The smallest absolute Gasteiger partial charge is 0.449 e. The molecule has 0 spiro atoms. The lowest BCUT2D eigenvalue weighted by atomic mass is 10.1. The molecule has 0 aliphatic rings. The minimum atomic E-state index is -1.80. The van der Waals surface area contributed by atoms with E-state index < -0.39 is 52.7 Å². The van der Waals surface area contributed by atoms with Crippen LogP contribution in [-0.2, 0) is 6.54 Å². The Morgan fingerprint density at radius 1 is 1.04 bits per heavy atom. The minimum Gasteiger partial charge on any atom is -0.449 e. The van der Waals surface area contributed by atoms with Crippen molar-refractivity contribution >= 4 is 17.1 Å². The van der Waals surface area contributed by atoms with Gasteiger partial charge in [-0.1, -0.05) is 6.07 Å². The second kappa shape index (κ2) is 6.51. The van der Waals surface area contributed by atoms with Gasteiger partial charge in [-0.05, 0) is 24.3 Å². The maximum absolute atomic E-state index is 14.2. The molecule has 5 nitrogen and oxygen atoms in total. The molecule has 9 heteroatoms. The zero-order chi connectivity index (χ0) is 19.0. The minimum absolute atomic E-state index is 0.263. The Labute approximate surface area is 142 Å². The van der Waals surface area contributed by atoms with Gasteiger partial charge in [0, 0.05) is 5.56 Å². The molecule has 134 valence electrons. The zero-order valence-corrected chi connectivity index (χ0v) is 12.8. The van der Waals surface area contributed by atoms with E-state index >= 15 is 0 Å². The van der Waals surface area contributed by atoms with Gasteiger partial charge in [0.2, 0.25) is 5.43 Å². The lowest BCUT2D eigenvalue weighted by molar-refractivity contribution is 0.144. The van der Waals surface area contributed by atoms with Crippen LogP contribution in [0.25, 0.3) is 10.9 Å². The summed E-state index contributed by atoms with van der Waals surface area (Å²) < 4.78 is 60.7. The van der Waals surface area contributed by atoms with Gasteiger partial charge in [0.25, 0.3) is 0 Å². The quantitative estimate of drug-likeness (QED) is 0.436. The fourth-order valence-electron chi connectivity index (χ4n) is 2.56. The predicted octanol–water partition coefficient (Wildman–Crippen LogP) is 3.66. The van der Waals surface area contributed by atoms with Crippen LogP contribution in [-0.4, -0.2) is 15.8 Å². The first-order valence-corrected chi connectivity index (χ1v) is 7.14. The van der Waals surface area contributed by atoms with Gasteiger partial charge in [0.05, 0.1) is 23.6 Å². The fraction of sp³-hybridized carbons (Fsp3) is 0.0588. The molecular formula is C17H9F4NO4. The average molecular weight is 367 g/mol. The SMILES string of the molecule is O=C(O)Oc1cn(Cc2c(F)ccc(F)c2F)c2c(F)cccc2c1=O. The van der Waals surface area contributed by atoms with Gasteiger partial charge in [-0.2, -0.15) is 0 Å². The summed E-state index contributed by atoms with van der Waals surface area (Å²) in [4.78, 5) is 23.0. The topological polar surface area (TPSA) is 68.5 Å². The number of benzene rings is 2. The number of hydrogen-bond acceptors (Lipinski definition) is 3. The number of pyridine rings is 1. The molecule has 0 fully saturated rings. The first-order chi connectivity index (χ1) is 12.3. The number of fused-ring (bicyclic) bond motifs is 1. The molecule has 3 aromatic rings. The highest BCUT2D eigenvalue weighted by Gasteiger charge is 2.19. The summed E-state index contributed by atoms with van der Waals surface area (Å²) in [6, 6.07) is 4.70. The Bertz CT molecular complexity index is 1090. The summed E-state index contributed by atoms with van der Waals surface area (Å²) >= 11 is 0. The number of para-hydroxylation sites is 1. The fourth-order valence-corrected chi connectivity index (χ4v) is 2.56. The molecule has 3 rings (SSSR count). The molecule has 0 saturated heterocycles. The molecule has 0 saturated carbocycles. The molecule has 1 heterocycles. The van der Waals surface area contributed by atoms with Crippen LogP contribution in [0.5, 0.6) is 5.75 Å². The molecule has 0 atom stereocenters. The van der Waals surface area contributed by atoms with E-state index in [4.69, 9.17) is 5.11 Å². The van der Waals surface area contributed by atoms with Crippen LogP contribution < -0.4 is 10.2 Å². The Kier molecular flexibility index (Phi) is 4.37. The predicted molar refractivity (Wildman–Crippen MR) is 82.2 cm³/mol. The number of halogens is 4. The maximum atomic E-state index is 14.2. The van der Waals surface area contributed by atoms with Crippen LogP contribution in [0.4, 0.5) is 22.4 Å². The van der Waals surface area contributed by atoms with E-state index in [1.165, 1.54) is 12.1 Å². The summed E-state index contributed by atoms with van der Waals surface area (Å²) in [6.45, 7) is -0.705. The molecule has 0 bridgehead atoms. The molecule has 26 heavy (non-hydrogen) atoms. The first kappa shape index (κ1) is 17.5. The van der Waals surface area contributed by atoms with Crippen LogP contribution in [0, 0.1) is 23.3 Å². The molecule has 0 aliphatic heterocycles. The third-order valence-electron chi connectivity index (χ3n) is 3.68. The Hall–Kier alpha value is -3.36. The van der Waals surface area contributed by atoms with Crippen molar-refractivity contribution in [3.05, 3.63) is 75.6 Å². The van der Waals surface area contributed by atoms with Crippen molar-refractivity contribution in [3.8, 4) is 5.75 Å². The lowest BCUT2D eigenvalue weighted by Gasteiger charge is -2.14. The number of carboxylic acid groups (broad SMARTS) is 1. The highest BCUT2D eigenvalue weighted by atomic mass is 19.2. The van der Waals surface area contributed by atoms with Gasteiger partial charge < -0.3 is 14.4 Å². The van der Waals surface area contributed by atoms with E-state index in [1.807, 2.05) is 0 Å². The van der Waals surface area contributed by atoms with Crippen molar-refractivity contribution in [2.45, 2.75) is 6.54 Å². The van der Waals surface area contributed by atoms with Crippen LogP contribution in [0.1, 0.15) is 5.56 Å². The highest BCUT2D eigenvalue weighted by molar-refractivity contribution is 5.81. The number of rotatable bonds is 3. The second-order valence-corrected chi connectivity index (χ2v) is 5.28. The normalized spacial score (nSPS) is 10.9. The van der Waals surface area contributed by atoms with Crippen molar-refractivity contribution in [3.63, 3.8) is 0 Å². The number of hydrogen-bond donors (Lipinski definition) is 1. The highest BCUT2D eigenvalue weighted by Crippen LogP contribution is 2.23. The molecule has 1 N–H and O–H groups in total. The van der Waals surface area contributed by atoms with E-state index in [-0.39, 0.29) is 10.9 Å². The van der Waals surface area contributed by atoms with Gasteiger partial charge in [-0.25, -0.2) is 22.4 Å². The van der Waals surface area contributed by atoms with Crippen molar-refractivity contribution in [2.75, 3.05) is 0 Å². The standard InChI is InChI=1S/C17H9F4NO4/c18-10-4-5-11(19)14(21)9(10)6-22-7-13(26-17(24)25)16(23)8-2-1-3-12(20)15(8)22/h1-5,7H,6H2,(H,24,25). The number of ether oxygens (including phenoxy) is 1. The first-order valence-electron chi connectivity index (χ1n) is 7.14. The number of nitrogens with zero attached hydrogens (tertiary/aromatic N) is 1. The van der Waals surface area contributed by atoms with E-state index in [9.17, 15) is 27.2 Å². The van der Waals surface area contributed by atoms with Gasteiger partial charge in [0.1, 0.15) is 11.6 Å². The lowest BCUT2D eigenvalue weighted by Crippen LogP contribution is -2.18. The van der Waals surface area contributed by atoms with Crippen LogP contribution in [0.3, 0.4) is 0 Å². The summed E-state index contributed by atoms with van der Waals surface area (Å²) in [5.41, 5.74) is -1.98. The number of carbonyl (C=O) groups is 1. The van der Waals surface area contributed by atoms with Gasteiger partial charge >= 0.3 is 6.16 Å². The molecule has 2 aromatic carbocycles. The third-order valence-corrected chi connectivity index (χ3v) is 3.68. The van der Waals surface area contributed by atoms with Gasteiger partial charge in [-0.15, -0.1) is 0 Å². The molecule has 0 unspecified atom stereocenters. The summed E-state index contributed by atoms with van der Waals surface area (Å²) in [5, 5.41) is 8.45. The van der Waals surface area contributed by atoms with E-state index in [0.717, 1.165) is 16.8 Å². The molecule has 0 amide bonds. The third kappa shape index (κ3) is 2.99. The second-order valence-electron chi connectivity index (χ2n) is 5.28. The maximum Gasteiger partial charge on any atom is 0.511 e. The van der Waals surface area contributed by atoms with Crippen molar-refractivity contribution in [1.29, 1.82) is 0 Å². The monoisotopic (exact) mass is 367 g/mol. The Morgan fingerprint density at radius 2 is 1.73 bits per heavy atom. The molecule has 0 radical (unpaired) electrons. The van der Waals surface area contributed by atoms with Crippen molar-refractivity contribution in [1.82, 2.24) is 4.57 Å². The Balaban J connectivity index is 2.28. The van der Waals surface area contributed by atoms with E-state index in [2.05, 4.69) is 4.74 Å². The van der Waals surface area contributed by atoms with Gasteiger partial charge in [0.15, 0.2) is 17.4 Å². The summed E-state index contributed by atoms with van der Waals surface area (Å²) in [7, 11) is 0. The molecular weight excluding hydrogens is 358 g/mol. The molecule has 0 aliphatic carbocycles. The van der Waals surface area contributed by atoms with Crippen LogP contribution in [0.15, 0.2) is 41.3 Å². The average Bonchev–Trinajstić information content (AvgIpc) is 2.58. The number of aromatic nitrogens is 1. The molecule has 1 aromatic heterocycles. The van der Waals surface area contributed by atoms with E-state index in [0.29, 0.717) is 12.1 Å². The summed E-state index contributed by atoms with van der Waals surface area (Å²) in [6.07, 6.45) is -1.00. The van der Waals surface area contributed by atoms with Crippen molar-refractivity contribution < 1.29 is 32.2 Å². The Morgan fingerprint density at radius 3 is 2.42 bits per heavy atom. The van der Waals surface area contributed by atoms with Crippen molar-refractivity contribution in [2.24, 2.45) is 0 Å². The van der Waals surface area contributed by atoms with Gasteiger partial charge in [-0.3, -0.25) is 4.79 Å². The van der Waals surface area contributed by atoms with E-state index in [1.54, 1.807) is 0 Å². The van der Waals surface area contributed by atoms with Crippen LogP contribution in [0.2, 0.25) is 0 Å².